The molecule has 0 aliphatic carbocycles. The van der Waals surface area contributed by atoms with Gasteiger partial charge in [0.15, 0.2) is 15.8 Å². The lowest BCUT2D eigenvalue weighted by molar-refractivity contribution is -0.123. The Morgan fingerprint density at radius 1 is 1.64 bits per heavy atom. The predicted molar refractivity (Wildman–Crippen MR) is 99.5 cm³/mol. The number of hydrogen-bond donors (Lipinski definition) is 0. The van der Waals surface area contributed by atoms with Gasteiger partial charge in [0.1, 0.15) is 6.61 Å². The fraction of sp³-hybridized carbons (Fsp3) is 0.214. The molecule has 1 aromatic rings. The molecule has 1 aliphatic rings. The smallest absolute Gasteiger partial charge is 0.259 e. The third-order valence-electron chi connectivity index (χ3n) is 2.60. The summed E-state index contributed by atoms with van der Waals surface area (Å²) in [6.07, 6.45) is 6.76. The predicted octanol–water partition coefficient (Wildman–Crippen LogP) is 2.51. The number of carbonyl (C=O) groups excluding carboxylic acids is 1. The van der Waals surface area contributed by atoms with Gasteiger partial charge < -0.3 is 9.47 Å². The van der Waals surface area contributed by atoms with Crippen LogP contribution in [0.4, 0.5) is 0 Å². The summed E-state index contributed by atoms with van der Waals surface area (Å²) in [4.78, 5) is 11.6. The number of benzene rings is 1. The third-order valence-corrected chi connectivity index (χ3v) is 4.74. The van der Waals surface area contributed by atoms with Crippen molar-refractivity contribution in [3.63, 3.8) is 0 Å². The summed E-state index contributed by atoms with van der Waals surface area (Å²) in [6, 6.07) is 3.61. The number of halogens is 1. The van der Waals surface area contributed by atoms with Crippen molar-refractivity contribution < 1.29 is 14.3 Å². The topological polar surface area (TPSA) is 51.1 Å². The molecule has 0 atom stereocenters. The molecule has 0 unspecified atom stereocenters. The average Bonchev–Trinajstić information content (AvgIpc) is 2.82. The van der Waals surface area contributed by atoms with Crippen molar-refractivity contribution in [3.8, 4) is 23.8 Å². The molecule has 2 rings (SSSR count). The summed E-state index contributed by atoms with van der Waals surface area (Å²) in [7, 11) is 1.55. The number of ether oxygens (including phenoxy) is 2. The Bertz CT molecular complexity index is 669. The number of thioether (sulfide) groups is 1. The Labute approximate surface area is 151 Å². The molecule has 5 nitrogen and oxygen atoms in total. The van der Waals surface area contributed by atoms with Gasteiger partial charge in [-0.15, -0.1) is 6.42 Å². The number of carbonyl (C=O) groups is 1. The van der Waals surface area contributed by atoms with Crippen LogP contribution in [-0.4, -0.2) is 40.9 Å². The SMILES string of the molecule is C#CCOc1c(I)cc(/C=N/N2C(=O)CSC2=S)cc1OC. The highest BCUT2D eigenvalue weighted by Gasteiger charge is 2.26. The van der Waals surface area contributed by atoms with E-state index in [0.717, 1.165) is 9.13 Å². The fourth-order valence-electron chi connectivity index (χ4n) is 1.65. The van der Waals surface area contributed by atoms with E-state index in [-0.39, 0.29) is 12.5 Å². The largest absolute Gasteiger partial charge is 0.493 e. The lowest BCUT2D eigenvalue weighted by atomic mass is 10.2. The summed E-state index contributed by atoms with van der Waals surface area (Å²) in [5, 5.41) is 5.35. The highest BCUT2D eigenvalue weighted by Crippen LogP contribution is 2.33. The van der Waals surface area contributed by atoms with Crippen LogP contribution in [0.3, 0.4) is 0 Å². The maximum Gasteiger partial charge on any atom is 0.259 e. The minimum absolute atomic E-state index is 0.123. The second-order valence-corrected chi connectivity index (χ2v) is 6.80. The number of hydrazone groups is 1. The monoisotopic (exact) mass is 446 g/mol. The van der Waals surface area contributed by atoms with Gasteiger partial charge in [0.2, 0.25) is 0 Å². The van der Waals surface area contributed by atoms with E-state index in [1.54, 1.807) is 19.4 Å². The first-order valence-electron chi connectivity index (χ1n) is 6.04. The van der Waals surface area contributed by atoms with Gasteiger partial charge in [-0.05, 0) is 40.3 Å². The minimum atomic E-state index is -0.123. The van der Waals surface area contributed by atoms with Gasteiger partial charge in [-0.3, -0.25) is 4.79 Å². The summed E-state index contributed by atoms with van der Waals surface area (Å²) < 4.78 is 12.1. The highest BCUT2D eigenvalue weighted by atomic mass is 127. The van der Waals surface area contributed by atoms with Crippen molar-refractivity contribution in [3.05, 3.63) is 21.3 Å². The molecule has 1 amide bonds. The molecule has 114 valence electrons. The molecule has 0 saturated carbocycles. The van der Waals surface area contributed by atoms with Gasteiger partial charge in [0.25, 0.3) is 5.91 Å². The van der Waals surface area contributed by atoms with Gasteiger partial charge in [-0.1, -0.05) is 29.9 Å². The van der Waals surface area contributed by atoms with E-state index >= 15 is 0 Å². The van der Waals surface area contributed by atoms with Crippen LogP contribution < -0.4 is 9.47 Å². The Balaban J connectivity index is 2.25. The van der Waals surface area contributed by atoms with Crippen LogP contribution in [0.5, 0.6) is 11.5 Å². The van der Waals surface area contributed by atoms with Gasteiger partial charge in [0, 0.05) is 0 Å². The number of rotatable bonds is 5. The molecule has 1 saturated heterocycles. The number of thiocarbonyl (C=S) groups is 1. The second kappa shape index (κ2) is 7.80. The number of nitrogens with zero attached hydrogens (tertiary/aromatic N) is 2. The van der Waals surface area contributed by atoms with Gasteiger partial charge in [0.05, 0.1) is 22.6 Å². The Hall–Kier alpha value is -1.31. The lowest BCUT2D eigenvalue weighted by Crippen LogP contribution is -2.22. The molecule has 1 aliphatic heterocycles. The van der Waals surface area contributed by atoms with Gasteiger partial charge in [-0.2, -0.15) is 10.1 Å². The van der Waals surface area contributed by atoms with Crippen molar-refractivity contribution in [1.29, 1.82) is 0 Å². The van der Waals surface area contributed by atoms with E-state index < -0.39 is 0 Å². The zero-order valence-corrected chi connectivity index (χ0v) is 15.3. The summed E-state index contributed by atoms with van der Waals surface area (Å²) >= 11 is 8.49. The molecular formula is C14H11IN2O3S2. The number of terminal acetylenes is 1. The van der Waals surface area contributed by atoms with Gasteiger partial charge >= 0.3 is 0 Å². The molecule has 1 heterocycles. The third kappa shape index (κ3) is 3.91. The highest BCUT2D eigenvalue weighted by molar-refractivity contribution is 14.1. The van der Waals surface area contributed by atoms with Crippen LogP contribution in [0.1, 0.15) is 5.56 Å². The second-order valence-electron chi connectivity index (χ2n) is 4.03. The van der Waals surface area contributed by atoms with E-state index in [0.29, 0.717) is 21.6 Å². The molecule has 1 fully saturated rings. The standard InChI is InChI=1S/C14H11IN2O3S2/c1-3-4-20-13-10(15)5-9(6-11(13)19-2)7-16-17-12(18)8-22-14(17)21/h1,5-7H,4,8H2,2H3/b16-7+. The lowest BCUT2D eigenvalue weighted by Gasteiger charge is -2.12. The number of amides is 1. The van der Waals surface area contributed by atoms with E-state index in [9.17, 15) is 4.79 Å². The summed E-state index contributed by atoms with van der Waals surface area (Å²) in [6.45, 7) is 0.160. The van der Waals surface area contributed by atoms with Gasteiger partial charge in [-0.25, -0.2) is 0 Å². The zero-order chi connectivity index (χ0) is 16.1. The van der Waals surface area contributed by atoms with E-state index in [1.165, 1.54) is 16.8 Å². The normalized spacial score (nSPS) is 14.5. The van der Waals surface area contributed by atoms with Crippen LogP contribution in [-0.2, 0) is 4.79 Å². The summed E-state index contributed by atoms with van der Waals surface area (Å²) in [5.74, 6) is 3.75. The molecule has 8 heteroatoms. The molecule has 0 radical (unpaired) electrons. The molecule has 0 spiro atoms. The maximum atomic E-state index is 11.6. The molecule has 1 aromatic carbocycles. The zero-order valence-electron chi connectivity index (χ0n) is 11.5. The van der Waals surface area contributed by atoms with Crippen LogP contribution in [0.2, 0.25) is 0 Å². The van der Waals surface area contributed by atoms with Crippen LogP contribution >= 0.6 is 46.6 Å². The average molecular weight is 446 g/mol. The van der Waals surface area contributed by atoms with Crippen molar-refractivity contribution in [2.75, 3.05) is 19.5 Å². The first kappa shape index (κ1) is 17.1. The van der Waals surface area contributed by atoms with Crippen molar-refractivity contribution >= 4 is 63.0 Å². The van der Waals surface area contributed by atoms with E-state index in [1.807, 2.05) is 6.07 Å². The molecule has 0 N–H and O–H groups in total. The summed E-state index contributed by atoms with van der Waals surface area (Å²) in [5.41, 5.74) is 0.766. The maximum absolute atomic E-state index is 11.6. The Morgan fingerprint density at radius 3 is 3.00 bits per heavy atom. The molecule has 22 heavy (non-hydrogen) atoms. The first-order valence-corrected chi connectivity index (χ1v) is 8.51. The fourth-order valence-corrected chi connectivity index (χ4v) is 3.40. The number of methoxy groups -OCH3 is 1. The van der Waals surface area contributed by atoms with Crippen LogP contribution in [0.15, 0.2) is 17.2 Å². The number of hydrogen-bond acceptors (Lipinski definition) is 6. The Morgan fingerprint density at radius 2 is 2.41 bits per heavy atom. The van der Waals surface area contributed by atoms with Crippen LogP contribution in [0.25, 0.3) is 0 Å². The minimum Gasteiger partial charge on any atom is -0.493 e. The van der Waals surface area contributed by atoms with Crippen molar-refractivity contribution in [2.45, 2.75) is 0 Å². The van der Waals surface area contributed by atoms with E-state index in [2.05, 4.69) is 33.6 Å². The Kier molecular flexibility index (Phi) is 6.05. The quantitative estimate of drug-likeness (QED) is 0.301. The van der Waals surface area contributed by atoms with E-state index in [4.69, 9.17) is 28.1 Å². The van der Waals surface area contributed by atoms with Crippen molar-refractivity contribution in [1.82, 2.24) is 5.01 Å². The van der Waals surface area contributed by atoms with Crippen molar-refractivity contribution in [2.24, 2.45) is 5.10 Å². The molecule has 0 aromatic heterocycles. The first-order chi connectivity index (χ1) is 10.6. The molecular weight excluding hydrogens is 435 g/mol. The van der Waals surface area contributed by atoms with Crippen LogP contribution in [0, 0.1) is 15.9 Å². The molecule has 0 bridgehead atoms.